The maximum atomic E-state index is 12.3. The summed E-state index contributed by atoms with van der Waals surface area (Å²) < 4.78 is 36.0. The van der Waals surface area contributed by atoms with Gasteiger partial charge < -0.3 is 8.92 Å². The van der Waals surface area contributed by atoms with E-state index in [0.717, 1.165) is 14.7 Å². The van der Waals surface area contributed by atoms with Crippen molar-refractivity contribution in [3.63, 3.8) is 0 Å². The predicted molar refractivity (Wildman–Crippen MR) is 89.4 cm³/mol. The molecule has 0 fully saturated rings. The summed E-state index contributed by atoms with van der Waals surface area (Å²) in [7, 11) is -2.39. The van der Waals surface area contributed by atoms with Gasteiger partial charge in [0.15, 0.2) is 11.5 Å². The van der Waals surface area contributed by atoms with Crippen molar-refractivity contribution in [1.29, 1.82) is 0 Å². The second-order valence-electron chi connectivity index (χ2n) is 4.51. The minimum Gasteiger partial charge on any atom is -0.493 e. The fraction of sp³-hybridized carbons (Fsp3) is 0.200. The van der Waals surface area contributed by atoms with Crippen LogP contribution in [0.5, 0.6) is 11.5 Å². The molecular weight excluding hydrogens is 403 g/mol. The number of hydrogen-bond donors (Lipinski definition) is 0. The van der Waals surface area contributed by atoms with Gasteiger partial charge in [-0.15, -0.1) is 0 Å². The third-order valence-corrected chi connectivity index (χ3v) is 5.67. The highest BCUT2D eigenvalue weighted by molar-refractivity contribution is 14.1. The van der Waals surface area contributed by atoms with Gasteiger partial charge in [-0.05, 0) is 65.8 Å². The molecule has 2 aromatic rings. The van der Waals surface area contributed by atoms with Crippen LogP contribution in [0.3, 0.4) is 0 Å². The van der Waals surface area contributed by atoms with Crippen LogP contribution in [0.4, 0.5) is 0 Å². The fourth-order valence-corrected chi connectivity index (χ4v) is 3.72. The highest BCUT2D eigenvalue weighted by Gasteiger charge is 2.22. The molecule has 2 rings (SSSR count). The zero-order valence-corrected chi connectivity index (χ0v) is 14.9. The summed E-state index contributed by atoms with van der Waals surface area (Å²) in [5, 5.41) is 0. The molecule has 4 nitrogen and oxygen atoms in total. The zero-order valence-electron chi connectivity index (χ0n) is 11.9. The number of methoxy groups -OCH3 is 1. The van der Waals surface area contributed by atoms with Crippen molar-refractivity contribution in [2.45, 2.75) is 18.7 Å². The molecule has 0 bridgehead atoms. The molecule has 0 N–H and O–H groups in total. The third kappa shape index (κ3) is 3.32. The van der Waals surface area contributed by atoms with E-state index in [0.29, 0.717) is 5.75 Å². The van der Waals surface area contributed by atoms with Crippen molar-refractivity contribution in [1.82, 2.24) is 0 Å². The number of aryl methyl sites for hydroxylation is 1. The Labute approximate surface area is 138 Å². The lowest BCUT2D eigenvalue weighted by molar-refractivity contribution is 0.389. The van der Waals surface area contributed by atoms with Crippen LogP contribution in [0.25, 0.3) is 0 Å². The van der Waals surface area contributed by atoms with Crippen molar-refractivity contribution >= 4 is 32.7 Å². The molecule has 2 aromatic carbocycles. The lowest BCUT2D eigenvalue weighted by Gasteiger charge is -2.15. The monoisotopic (exact) mass is 418 g/mol. The summed E-state index contributed by atoms with van der Waals surface area (Å²) in [5.41, 5.74) is 1.98. The van der Waals surface area contributed by atoms with Crippen LogP contribution in [0.1, 0.15) is 11.1 Å². The van der Waals surface area contributed by atoms with E-state index in [2.05, 4.69) is 22.6 Å². The Morgan fingerprint density at radius 2 is 1.71 bits per heavy atom. The predicted octanol–water partition coefficient (Wildman–Crippen LogP) is 3.68. The molecule has 0 atom stereocenters. The van der Waals surface area contributed by atoms with E-state index in [1.54, 1.807) is 24.3 Å². The smallest absolute Gasteiger partial charge is 0.339 e. The van der Waals surface area contributed by atoms with Crippen molar-refractivity contribution in [2.24, 2.45) is 0 Å². The topological polar surface area (TPSA) is 52.6 Å². The number of rotatable bonds is 4. The summed E-state index contributed by atoms with van der Waals surface area (Å²) in [5.74, 6) is 0.632. The van der Waals surface area contributed by atoms with Crippen molar-refractivity contribution in [3.05, 3.63) is 51.1 Å². The van der Waals surface area contributed by atoms with Crippen molar-refractivity contribution < 1.29 is 17.3 Å². The van der Waals surface area contributed by atoms with Gasteiger partial charge in [0.25, 0.3) is 0 Å². The van der Waals surface area contributed by atoms with E-state index in [9.17, 15) is 8.42 Å². The molecule has 0 aliphatic carbocycles. The highest BCUT2D eigenvalue weighted by Crippen LogP contribution is 2.38. The van der Waals surface area contributed by atoms with Gasteiger partial charge in [-0.1, -0.05) is 18.2 Å². The largest absolute Gasteiger partial charge is 0.493 e. The molecule has 0 aliphatic heterocycles. The molecule has 112 valence electrons. The minimum atomic E-state index is -3.88. The summed E-state index contributed by atoms with van der Waals surface area (Å²) in [6, 6.07) is 9.82. The summed E-state index contributed by atoms with van der Waals surface area (Å²) in [6.07, 6.45) is 0. The van der Waals surface area contributed by atoms with E-state index < -0.39 is 10.1 Å². The number of benzene rings is 2. The van der Waals surface area contributed by atoms with E-state index in [1.165, 1.54) is 19.2 Å². The van der Waals surface area contributed by atoms with Gasteiger partial charge in [-0.3, -0.25) is 0 Å². The van der Waals surface area contributed by atoms with Crippen LogP contribution < -0.4 is 8.92 Å². The Morgan fingerprint density at radius 1 is 1.10 bits per heavy atom. The summed E-state index contributed by atoms with van der Waals surface area (Å²) >= 11 is 2.07. The molecule has 0 amide bonds. The Balaban J connectivity index is 2.52. The van der Waals surface area contributed by atoms with E-state index in [4.69, 9.17) is 8.92 Å². The Bertz CT molecular complexity index is 755. The van der Waals surface area contributed by atoms with E-state index in [-0.39, 0.29) is 10.6 Å². The maximum absolute atomic E-state index is 12.3. The van der Waals surface area contributed by atoms with Crippen molar-refractivity contribution in [2.75, 3.05) is 7.11 Å². The molecule has 21 heavy (non-hydrogen) atoms. The van der Waals surface area contributed by atoms with Crippen LogP contribution in [-0.2, 0) is 10.1 Å². The van der Waals surface area contributed by atoms with Gasteiger partial charge in [-0.25, -0.2) is 0 Å². The average molecular weight is 418 g/mol. The summed E-state index contributed by atoms with van der Waals surface area (Å²) in [6.45, 7) is 3.86. The van der Waals surface area contributed by atoms with Crippen LogP contribution in [-0.4, -0.2) is 15.5 Å². The first kappa shape index (κ1) is 16.1. The molecule has 0 saturated heterocycles. The minimum absolute atomic E-state index is 0.112. The van der Waals surface area contributed by atoms with E-state index >= 15 is 0 Å². The highest BCUT2D eigenvalue weighted by atomic mass is 127. The molecule has 0 spiro atoms. The van der Waals surface area contributed by atoms with Crippen LogP contribution in [0, 0.1) is 17.4 Å². The SMILES string of the molecule is COc1cc(C)c(C)c(I)c1OS(=O)(=O)c1ccccc1. The number of halogens is 1. The Kier molecular flexibility index (Phi) is 4.77. The van der Waals surface area contributed by atoms with E-state index in [1.807, 2.05) is 13.8 Å². The lowest BCUT2D eigenvalue weighted by Crippen LogP contribution is -2.12. The fourth-order valence-electron chi connectivity index (χ4n) is 1.80. The molecule has 0 heterocycles. The molecule has 0 aromatic heterocycles. The van der Waals surface area contributed by atoms with Gasteiger partial charge >= 0.3 is 10.1 Å². The molecule has 0 saturated carbocycles. The molecule has 0 unspecified atom stereocenters. The molecule has 0 radical (unpaired) electrons. The standard InChI is InChI=1S/C15H15IO4S/c1-10-9-13(19-3)15(14(16)11(10)2)20-21(17,18)12-7-5-4-6-8-12/h4-9H,1-3H3. The van der Waals surface area contributed by atoms with Gasteiger partial charge in [0, 0.05) is 0 Å². The average Bonchev–Trinajstić information content (AvgIpc) is 2.48. The van der Waals surface area contributed by atoms with Gasteiger partial charge in [0.1, 0.15) is 4.90 Å². The van der Waals surface area contributed by atoms with Crippen molar-refractivity contribution in [3.8, 4) is 11.5 Å². The first-order chi connectivity index (χ1) is 9.86. The van der Waals surface area contributed by atoms with Gasteiger partial charge in [0.2, 0.25) is 0 Å². The summed E-state index contributed by atoms with van der Waals surface area (Å²) in [4.78, 5) is 0.112. The Hall–Kier alpha value is -1.28. The zero-order chi connectivity index (χ0) is 15.6. The lowest BCUT2D eigenvalue weighted by atomic mass is 10.1. The number of hydrogen-bond acceptors (Lipinski definition) is 4. The molecular formula is C15H15IO4S. The third-order valence-electron chi connectivity index (χ3n) is 3.14. The van der Waals surface area contributed by atoms with Crippen LogP contribution >= 0.6 is 22.6 Å². The van der Waals surface area contributed by atoms with Gasteiger partial charge in [-0.2, -0.15) is 8.42 Å². The maximum Gasteiger partial charge on any atom is 0.339 e. The first-order valence-corrected chi connectivity index (χ1v) is 8.68. The molecule has 0 aliphatic rings. The second-order valence-corrected chi connectivity index (χ2v) is 7.14. The van der Waals surface area contributed by atoms with Crippen LogP contribution in [0.2, 0.25) is 0 Å². The second kappa shape index (κ2) is 6.23. The van der Waals surface area contributed by atoms with Crippen LogP contribution in [0.15, 0.2) is 41.3 Å². The normalized spacial score (nSPS) is 11.2. The van der Waals surface area contributed by atoms with Gasteiger partial charge in [0.05, 0.1) is 10.7 Å². The Morgan fingerprint density at radius 3 is 2.29 bits per heavy atom. The molecule has 6 heteroatoms. The number of ether oxygens (including phenoxy) is 1. The quantitative estimate of drug-likeness (QED) is 0.562. The first-order valence-electron chi connectivity index (χ1n) is 6.20.